The molecule has 2 aliphatic carbocycles. The second kappa shape index (κ2) is 6.79. The first-order valence-corrected chi connectivity index (χ1v) is 9.70. The fourth-order valence-corrected chi connectivity index (χ4v) is 4.75. The van der Waals surface area contributed by atoms with Gasteiger partial charge < -0.3 is 10.3 Å². The third-order valence-electron chi connectivity index (χ3n) is 6.26. The van der Waals surface area contributed by atoms with Crippen molar-refractivity contribution < 1.29 is 4.92 Å². The zero-order valence-electron chi connectivity index (χ0n) is 14.9. The number of aryl methyl sites for hydroxylation is 1. The van der Waals surface area contributed by atoms with E-state index in [1.807, 2.05) is 6.07 Å². The van der Waals surface area contributed by atoms with E-state index in [0.717, 1.165) is 36.1 Å². The van der Waals surface area contributed by atoms with Crippen LogP contribution in [0.1, 0.15) is 69.2 Å². The molecule has 0 spiro atoms. The quantitative estimate of drug-likeness (QED) is 0.606. The number of rotatable bonds is 4. The van der Waals surface area contributed by atoms with Gasteiger partial charge in [0.1, 0.15) is 0 Å². The van der Waals surface area contributed by atoms with E-state index in [1.165, 1.54) is 43.4 Å². The maximum atomic E-state index is 11.1. The van der Waals surface area contributed by atoms with Crippen molar-refractivity contribution in [1.29, 1.82) is 0 Å². The van der Waals surface area contributed by atoms with Crippen LogP contribution in [0.2, 0.25) is 0 Å². The molecule has 1 saturated carbocycles. The van der Waals surface area contributed by atoms with Crippen molar-refractivity contribution in [3.63, 3.8) is 0 Å². The number of aromatic nitrogens is 1. The molecule has 0 unspecified atom stereocenters. The largest absolute Gasteiger partial charge is 0.357 e. The molecule has 1 aromatic carbocycles. The van der Waals surface area contributed by atoms with Crippen LogP contribution in [0.15, 0.2) is 18.2 Å². The standard InChI is InChI=1S/C20H27N3O2/c1-2-13-6-8-14(9-7-13)21-19-5-3-4-16-17-12-15(23(24)25)10-11-18(17)22-20(16)19/h10-14,19,21-22H,2-9H2,1H3/t13?,14?,19-/m1/s1. The Morgan fingerprint density at radius 3 is 2.76 bits per heavy atom. The monoisotopic (exact) mass is 341 g/mol. The predicted octanol–water partition coefficient (Wildman–Crippen LogP) is 5.01. The van der Waals surface area contributed by atoms with E-state index in [2.05, 4.69) is 17.2 Å². The number of nitro groups is 1. The first-order chi connectivity index (χ1) is 12.2. The molecule has 5 nitrogen and oxygen atoms in total. The average molecular weight is 341 g/mol. The van der Waals surface area contributed by atoms with Gasteiger partial charge in [-0.1, -0.05) is 13.3 Å². The molecule has 5 heteroatoms. The van der Waals surface area contributed by atoms with Crippen molar-refractivity contribution in [2.75, 3.05) is 0 Å². The Labute approximate surface area is 148 Å². The number of non-ortho nitro benzene ring substituents is 1. The molecule has 1 fully saturated rings. The van der Waals surface area contributed by atoms with Crippen LogP contribution >= 0.6 is 0 Å². The summed E-state index contributed by atoms with van der Waals surface area (Å²) in [4.78, 5) is 14.4. The van der Waals surface area contributed by atoms with Crippen molar-refractivity contribution >= 4 is 16.6 Å². The van der Waals surface area contributed by atoms with Gasteiger partial charge in [-0.2, -0.15) is 0 Å². The summed E-state index contributed by atoms with van der Waals surface area (Å²) in [5.41, 5.74) is 3.75. The maximum Gasteiger partial charge on any atom is 0.270 e. The van der Waals surface area contributed by atoms with Gasteiger partial charge in [-0.05, 0) is 62.5 Å². The summed E-state index contributed by atoms with van der Waals surface area (Å²) in [5.74, 6) is 0.911. The fraction of sp³-hybridized carbons (Fsp3) is 0.600. The molecule has 0 amide bonds. The molecule has 1 atom stereocenters. The molecule has 0 bridgehead atoms. The summed E-state index contributed by atoms with van der Waals surface area (Å²) in [6, 6.07) is 6.16. The Bertz CT molecular complexity index is 775. The van der Waals surface area contributed by atoms with E-state index in [4.69, 9.17) is 0 Å². The minimum absolute atomic E-state index is 0.183. The average Bonchev–Trinajstić information content (AvgIpc) is 3.01. The van der Waals surface area contributed by atoms with Crippen LogP contribution in [0.4, 0.5) is 5.69 Å². The molecule has 2 aromatic rings. The highest BCUT2D eigenvalue weighted by Crippen LogP contribution is 2.37. The van der Waals surface area contributed by atoms with Gasteiger partial charge in [-0.3, -0.25) is 10.1 Å². The van der Waals surface area contributed by atoms with E-state index >= 15 is 0 Å². The minimum Gasteiger partial charge on any atom is -0.357 e. The fourth-order valence-electron chi connectivity index (χ4n) is 4.75. The molecule has 0 radical (unpaired) electrons. The number of aromatic amines is 1. The van der Waals surface area contributed by atoms with Gasteiger partial charge in [0, 0.05) is 40.8 Å². The number of hydrogen-bond donors (Lipinski definition) is 2. The highest BCUT2D eigenvalue weighted by atomic mass is 16.6. The number of nitrogens with one attached hydrogen (secondary N) is 2. The van der Waals surface area contributed by atoms with Gasteiger partial charge in [0.25, 0.3) is 5.69 Å². The van der Waals surface area contributed by atoms with Crippen molar-refractivity contribution in [3.8, 4) is 0 Å². The third-order valence-corrected chi connectivity index (χ3v) is 6.26. The number of fused-ring (bicyclic) bond motifs is 3. The third kappa shape index (κ3) is 3.17. The summed E-state index contributed by atoms with van der Waals surface area (Å²) in [6.45, 7) is 2.30. The Morgan fingerprint density at radius 2 is 2.04 bits per heavy atom. The lowest BCUT2D eigenvalue weighted by Crippen LogP contribution is -2.37. The molecule has 0 aliphatic heterocycles. The van der Waals surface area contributed by atoms with Gasteiger partial charge in [0.15, 0.2) is 0 Å². The summed E-state index contributed by atoms with van der Waals surface area (Å²) in [7, 11) is 0. The van der Waals surface area contributed by atoms with E-state index < -0.39 is 0 Å². The Kier molecular flexibility index (Phi) is 4.50. The first-order valence-electron chi connectivity index (χ1n) is 9.70. The highest BCUT2D eigenvalue weighted by Gasteiger charge is 2.28. The molecule has 25 heavy (non-hydrogen) atoms. The van der Waals surface area contributed by atoms with Crippen LogP contribution < -0.4 is 5.32 Å². The minimum atomic E-state index is -0.302. The number of nitrogens with zero attached hydrogens (tertiary/aromatic N) is 1. The predicted molar refractivity (Wildman–Crippen MR) is 99.8 cm³/mol. The van der Waals surface area contributed by atoms with Crippen LogP contribution in [-0.2, 0) is 6.42 Å². The van der Waals surface area contributed by atoms with Crippen LogP contribution in [0.5, 0.6) is 0 Å². The molecule has 4 rings (SSSR count). The SMILES string of the molecule is CCC1CCC(N[C@@H]2CCCc3c2[nH]c2ccc([N+](=O)[O-])cc32)CC1. The van der Waals surface area contributed by atoms with Crippen LogP contribution in [0.25, 0.3) is 10.9 Å². The molecule has 2 N–H and O–H groups in total. The second-order valence-electron chi connectivity index (χ2n) is 7.74. The van der Waals surface area contributed by atoms with Gasteiger partial charge in [-0.15, -0.1) is 0 Å². The lowest BCUT2D eigenvalue weighted by molar-refractivity contribution is -0.384. The topological polar surface area (TPSA) is 71.0 Å². The Hall–Kier alpha value is -1.88. The van der Waals surface area contributed by atoms with Crippen molar-refractivity contribution in [3.05, 3.63) is 39.6 Å². The van der Waals surface area contributed by atoms with Crippen LogP contribution in [0.3, 0.4) is 0 Å². The van der Waals surface area contributed by atoms with Gasteiger partial charge in [0.05, 0.1) is 4.92 Å². The Morgan fingerprint density at radius 1 is 1.24 bits per heavy atom. The highest BCUT2D eigenvalue weighted by molar-refractivity contribution is 5.87. The second-order valence-corrected chi connectivity index (χ2v) is 7.74. The van der Waals surface area contributed by atoms with Crippen LogP contribution in [0, 0.1) is 16.0 Å². The molecular formula is C20H27N3O2. The number of hydrogen-bond acceptors (Lipinski definition) is 3. The molecule has 134 valence electrons. The maximum absolute atomic E-state index is 11.1. The van der Waals surface area contributed by atoms with E-state index in [-0.39, 0.29) is 10.6 Å². The number of benzene rings is 1. The molecule has 1 aromatic heterocycles. The number of nitro benzene ring substituents is 1. The van der Waals surface area contributed by atoms with Gasteiger partial charge in [-0.25, -0.2) is 0 Å². The van der Waals surface area contributed by atoms with E-state index in [9.17, 15) is 10.1 Å². The molecule has 2 aliphatic rings. The summed E-state index contributed by atoms with van der Waals surface area (Å²) < 4.78 is 0. The molecule has 0 saturated heterocycles. The van der Waals surface area contributed by atoms with Crippen molar-refractivity contribution in [1.82, 2.24) is 10.3 Å². The zero-order chi connectivity index (χ0) is 17.4. The summed E-state index contributed by atoms with van der Waals surface area (Å²) in [6.07, 6.45) is 9.84. The summed E-state index contributed by atoms with van der Waals surface area (Å²) >= 11 is 0. The number of H-pyrrole nitrogens is 1. The lowest BCUT2D eigenvalue weighted by Gasteiger charge is -2.33. The molecular weight excluding hydrogens is 314 g/mol. The normalized spacial score (nSPS) is 26.5. The summed E-state index contributed by atoms with van der Waals surface area (Å²) in [5, 5.41) is 16.0. The zero-order valence-corrected chi connectivity index (χ0v) is 14.9. The van der Waals surface area contributed by atoms with E-state index in [0.29, 0.717) is 12.1 Å². The van der Waals surface area contributed by atoms with Crippen LogP contribution in [-0.4, -0.2) is 15.9 Å². The van der Waals surface area contributed by atoms with Crippen molar-refractivity contribution in [2.45, 2.75) is 70.4 Å². The van der Waals surface area contributed by atoms with Gasteiger partial charge in [0.2, 0.25) is 0 Å². The lowest BCUT2D eigenvalue weighted by atomic mass is 9.83. The van der Waals surface area contributed by atoms with E-state index in [1.54, 1.807) is 12.1 Å². The Balaban J connectivity index is 1.57. The smallest absolute Gasteiger partial charge is 0.270 e. The first kappa shape index (κ1) is 16.6. The van der Waals surface area contributed by atoms with Gasteiger partial charge >= 0.3 is 0 Å². The van der Waals surface area contributed by atoms with Crippen molar-refractivity contribution in [2.24, 2.45) is 5.92 Å². The molecule has 1 heterocycles.